The lowest BCUT2D eigenvalue weighted by Crippen LogP contribution is -2.52. The average Bonchev–Trinajstić information content (AvgIpc) is 4.12. The monoisotopic (exact) mass is 862 g/mol. The summed E-state index contributed by atoms with van der Waals surface area (Å²) in [5.74, 6) is 1.64. The minimum atomic E-state index is -0.839. The first-order valence-corrected chi connectivity index (χ1v) is 22.1. The fraction of sp³-hybridized carbons (Fsp3) is 0.360. The second-order valence-corrected chi connectivity index (χ2v) is 17.7. The summed E-state index contributed by atoms with van der Waals surface area (Å²) in [6, 6.07) is 21.9. The van der Waals surface area contributed by atoms with Crippen molar-refractivity contribution in [2.75, 3.05) is 13.7 Å². The molecule has 3 aliphatic rings. The molecule has 0 radical (unpaired) electrons. The molecule has 0 aliphatic carbocycles. The van der Waals surface area contributed by atoms with Gasteiger partial charge in [-0.05, 0) is 103 Å². The van der Waals surface area contributed by atoms with Crippen LogP contribution in [0.3, 0.4) is 0 Å². The van der Waals surface area contributed by atoms with Crippen LogP contribution in [0.1, 0.15) is 94.8 Å². The number of hydrogen-bond acceptors (Lipinski definition) is 8. The number of carbonyl (C=O) groups excluding carboxylic acids is 4. The lowest BCUT2D eigenvalue weighted by molar-refractivity contribution is -0.137. The molecule has 0 bridgehead atoms. The fourth-order valence-corrected chi connectivity index (χ4v) is 9.76. The van der Waals surface area contributed by atoms with Crippen LogP contribution in [-0.2, 0) is 25.7 Å². The summed E-state index contributed by atoms with van der Waals surface area (Å²) in [5.41, 5.74) is 7.30. The van der Waals surface area contributed by atoms with E-state index in [1.807, 2.05) is 73.2 Å². The zero-order valence-electron chi connectivity index (χ0n) is 37.0. The van der Waals surface area contributed by atoms with Crippen LogP contribution in [0.2, 0.25) is 0 Å². The number of alkyl carbamates (subject to hydrolysis) is 1. The number of likely N-dealkylation sites (tertiary alicyclic amines) is 2. The number of hydrogen-bond donors (Lipinski definition) is 4. The van der Waals surface area contributed by atoms with E-state index in [0.717, 1.165) is 80.3 Å². The molecule has 6 aromatic rings. The van der Waals surface area contributed by atoms with Gasteiger partial charge < -0.3 is 39.9 Å². The average molecular weight is 863 g/mol. The maximum Gasteiger partial charge on any atom is 0.407 e. The Bertz CT molecular complexity index is 2790. The number of nitrogens with zero attached hydrogens (tertiary/aromatic N) is 4. The molecule has 4 aromatic carbocycles. The second kappa shape index (κ2) is 17.3. The van der Waals surface area contributed by atoms with E-state index in [9.17, 15) is 19.2 Å². The Morgan fingerprint density at radius 1 is 0.906 bits per heavy atom. The molecule has 0 saturated carbocycles. The maximum absolute atomic E-state index is 14.4. The molecular formula is C50H54N8O6. The number of H-pyrrole nitrogens is 2. The van der Waals surface area contributed by atoms with E-state index in [1.165, 1.54) is 13.2 Å². The summed E-state index contributed by atoms with van der Waals surface area (Å²) < 4.78 is 11.3. The minimum absolute atomic E-state index is 0.0182. The van der Waals surface area contributed by atoms with Crippen molar-refractivity contribution < 1.29 is 28.7 Å². The second-order valence-electron chi connectivity index (χ2n) is 17.7. The normalized spacial score (nSPS) is 20.3. The van der Waals surface area contributed by atoms with Crippen LogP contribution in [0.25, 0.3) is 44.2 Å². The zero-order valence-corrected chi connectivity index (χ0v) is 37.0. The highest BCUT2D eigenvalue weighted by atomic mass is 16.5. The number of nitrogens with one attached hydrogen (secondary N) is 4. The van der Waals surface area contributed by atoms with Gasteiger partial charge in [-0.15, -0.1) is 0 Å². The Kier molecular flexibility index (Phi) is 11.5. The van der Waals surface area contributed by atoms with Crippen LogP contribution in [0.4, 0.5) is 4.79 Å². The predicted molar refractivity (Wildman–Crippen MR) is 244 cm³/mol. The van der Waals surface area contributed by atoms with Gasteiger partial charge in [-0.25, -0.2) is 14.8 Å². The Morgan fingerprint density at radius 3 is 2.48 bits per heavy atom. The zero-order chi connectivity index (χ0) is 44.8. The smallest absolute Gasteiger partial charge is 0.407 e. The van der Waals surface area contributed by atoms with Crippen LogP contribution >= 0.6 is 0 Å². The summed E-state index contributed by atoms with van der Waals surface area (Å²) in [7, 11) is 1.29. The van der Waals surface area contributed by atoms with Crippen molar-refractivity contribution >= 4 is 45.6 Å². The van der Waals surface area contributed by atoms with Crippen molar-refractivity contribution in [2.45, 2.75) is 90.7 Å². The Morgan fingerprint density at radius 2 is 1.72 bits per heavy atom. The molecule has 9 rings (SSSR count). The van der Waals surface area contributed by atoms with Gasteiger partial charge in [-0.2, -0.15) is 0 Å². The van der Waals surface area contributed by atoms with Crippen molar-refractivity contribution in [3.8, 4) is 28.1 Å². The molecule has 330 valence electrons. The quantitative estimate of drug-likeness (QED) is 0.0993. The summed E-state index contributed by atoms with van der Waals surface area (Å²) in [6.45, 7) is 10.7. The number of fused-ring (bicyclic) bond motifs is 6. The fourth-order valence-electron chi connectivity index (χ4n) is 9.76. The molecule has 14 heteroatoms. The number of carbonyl (C=O) groups is 4. The molecule has 2 aromatic heterocycles. The van der Waals surface area contributed by atoms with Gasteiger partial charge in [0.05, 0.1) is 42.1 Å². The van der Waals surface area contributed by atoms with Crippen molar-refractivity contribution in [2.24, 2.45) is 11.8 Å². The third kappa shape index (κ3) is 7.86. The molecule has 6 atom stereocenters. The summed E-state index contributed by atoms with van der Waals surface area (Å²) >= 11 is 0. The minimum Gasteiger partial charge on any atom is -0.488 e. The molecule has 2 fully saturated rings. The van der Waals surface area contributed by atoms with E-state index in [4.69, 9.17) is 19.4 Å². The molecule has 0 spiro atoms. The van der Waals surface area contributed by atoms with Gasteiger partial charge in [0, 0.05) is 23.5 Å². The van der Waals surface area contributed by atoms with Gasteiger partial charge in [-0.3, -0.25) is 14.4 Å². The van der Waals surface area contributed by atoms with Crippen molar-refractivity contribution in [1.82, 2.24) is 40.4 Å². The standard InChI is InChI=1S/C50H54N8O6/c1-7-11-42(59)54-44(30-12-9-8-10-13-30)48(60)57-25-28(4)20-40(57)47-52-37-18-16-31-22-36-34-17-15-32(21-33(34)26-64-41(36)23-35(31)45(37)55-47)38-24-51-46(53-38)39-19-14-29(5)58(39)49(61)43(27(2)3)56-50(62)63-6/h7-13,15-18,21-24,27-29,39-40,43-44H,14,19-20,25-26H2,1-6H3,(H,51,53)(H,52,55)(H,54,59)(H,56,62)/b11-7+/t28-,29-,39-,40-,43-,44+/m0/s1. The summed E-state index contributed by atoms with van der Waals surface area (Å²) in [6.07, 6.45) is 6.58. The topological polar surface area (TPSA) is 175 Å². The number of aromatic amines is 2. The van der Waals surface area contributed by atoms with E-state index in [1.54, 1.807) is 13.0 Å². The molecule has 0 unspecified atom stereocenters. The SMILES string of the molecule is C/C=C/C(=O)N[C@@H](C(=O)N1C[C@@H](C)C[C@H]1c1nc2c(ccc3cc4c(cc32)OCc2cc(-c3cnc([C@@H]5CC[C@H](C)N5C(=O)[C@@H](NC(=O)OC)C(C)C)[nH]3)ccc2-4)[nH]1)c1ccccc1. The van der Waals surface area contributed by atoms with E-state index in [2.05, 4.69) is 63.9 Å². The van der Waals surface area contributed by atoms with E-state index in [-0.39, 0.29) is 47.7 Å². The molecular weight excluding hydrogens is 809 g/mol. The molecule has 5 heterocycles. The van der Waals surface area contributed by atoms with Crippen LogP contribution in [-0.4, -0.2) is 79.3 Å². The largest absolute Gasteiger partial charge is 0.488 e. The van der Waals surface area contributed by atoms with Gasteiger partial charge in [0.25, 0.3) is 0 Å². The van der Waals surface area contributed by atoms with Gasteiger partial charge in [0.2, 0.25) is 17.7 Å². The van der Waals surface area contributed by atoms with E-state index in [0.29, 0.717) is 24.8 Å². The summed E-state index contributed by atoms with van der Waals surface area (Å²) in [5, 5.41) is 7.62. The molecule has 4 amide bonds. The van der Waals surface area contributed by atoms with Gasteiger partial charge in [0.15, 0.2) is 0 Å². The Balaban J connectivity index is 0.972. The lowest BCUT2D eigenvalue weighted by Gasteiger charge is -2.32. The maximum atomic E-state index is 14.4. The number of amides is 4. The number of ether oxygens (including phenoxy) is 2. The highest BCUT2D eigenvalue weighted by Crippen LogP contribution is 2.44. The van der Waals surface area contributed by atoms with Gasteiger partial charge >= 0.3 is 6.09 Å². The number of methoxy groups -OCH3 is 1. The third-order valence-electron chi connectivity index (χ3n) is 13.0. The number of benzene rings is 4. The van der Waals surface area contributed by atoms with Crippen molar-refractivity contribution in [1.29, 1.82) is 0 Å². The molecule has 64 heavy (non-hydrogen) atoms. The lowest BCUT2D eigenvalue weighted by atomic mass is 9.92. The first-order chi connectivity index (χ1) is 30.9. The third-order valence-corrected chi connectivity index (χ3v) is 13.0. The summed E-state index contributed by atoms with van der Waals surface area (Å²) in [4.78, 5) is 73.9. The molecule has 2 saturated heterocycles. The number of aromatic nitrogens is 4. The number of imidazole rings is 2. The molecule has 14 nitrogen and oxygen atoms in total. The first kappa shape index (κ1) is 42.3. The van der Waals surface area contributed by atoms with Crippen LogP contribution < -0.4 is 15.4 Å². The van der Waals surface area contributed by atoms with Crippen LogP contribution in [0.15, 0.2) is 91.1 Å². The van der Waals surface area contributed by atoms with E-state index >= 15 is 0 Å². The van der Waals surface area contributed by atoms with Crippen LogP contribution in [0, 0.1) is 11.8 Å². The Hall–Kier alpha value is -6.96. The molecule has 4 N–H and O–H groups in total. The Labute approximate surface area is 371 Å². The highest BCUT2D eigenvalue weighted by molar-refractivity contribution is 6.07. The first-order valence-electron chi connectivity index (χ1n) is 22.1. The van der Waals surface area contributed by atoms with Crippen LogP contribution in [0.5, 0.6) is 5.75 Å². The number of allylic oxidation sites excluding steroid dienone is 1. The number of rotatable bonds is 10. The van der Waals surface area contributed by atoms with Crippen molar-refractivity contribution in [3.63, 3.8) is 0 Å². The van der Waals surface area contributed by atoms with E-state index < -0.39 is 18.2 Å². The van der Waals surface area contributed by atoms with Crippen molar-refractivity contribution in [3.05, 3.63) is 114 Å². The predicted octanol–water partition coefficient (Wildman–Crippen LogP) is 8.44. The van der Waals surface area contributed by atoms with Gasteiger partial charge in [0.1, 0.15) is 36.1 Å². The highest BCUT2D eigenvalue weighted by Gasteiger charge is 2.42. The van der Waals surface area contributed by atoms with Gasteiger partial charge in [-0.1, -0.05) is 75.4 Å². The molecule has 3 aliphatic heterocycles.